The van der Waals surface area contributed by atoms with Gasteiger partial charge < -0.3 is 5.11 Å². The van der Waals surface area contributed by atoms with Crippen LogP contribution in [0.4, 0.5) is 5.69 Å². The Hall–Kier alpha value is -2.55. The average molecular weight is 278 g/mol. The van der Waals surface area contributed by atoms with Crippen molar-refractivity contribution in [2.75, 3.05) is 0 Å². The standard InChI is InChI=1S/C10H6N4O4S/c15-10(16)7-3-6(14(17)18)4-12-9(7)19-8-1-2-11-5-13-8/h1-5H,(H,15,16). The Morgan fingerprint density at radius 1 is 1.42 bits per heavy atom. The number of nitro groups is 1. The van der Waals surface area contributed by atoms with Gasteiger partial charge in [0.2, 0.25) is 0 Å². The van der Waals surface area contributed by atoms with Crippen molar-refractivity contribution in [3.8, 4) is 0 Å². The highest BCUT2D eigenvalue weighted by molar-refractivity contribution is 7.99. The lowest BCUT2D eigenvalue weighted by atomic mass is 10.3. The highest BCUT2D eigenvalue weighted by Gasteiger charge is 2.18. The van der Waals surface area contributed by atoms with E-state index in [0.717, 1.165) is 24.0 Å². The zero-order valence-electron chi connectivity index (χ0n) is 9.26. The third-order valence-electron chi connectivity index (χ3n) is 2.03. The first-order valence-corrected chi connectivity index (χ1v) is 5.71. The lowest BCUT2D eigenvalue weighted by Crippen LogP contribution is -2.03. The maximum Gasteiger partial charge on any atom is 0.338 e. The molecule has 0 amide bonds. The maximum atomic E-state index is 11.1. The zero-order chi connectivity index (χ0) is 13.8. The average Bonchev–Trinajstić information content (AvgIpc) is 2.39. The maximum absolute atomic E-state index is 11.1. The lowest BCUT2D eigenvalue weighted by molar-refractivity contribution is -0.385. The van der Waals surface area contributed by atoms with Crippen molar-refractivity contribution >= 4 is 23.4 Å². The van der Waals surface area contributed by atoms with Gasteiger partial charge in [-0.15, -0.1) is 0 Å². The molecule has 0 aliphatic rings. The molecule has 0 aliphatic heterocycles. The van der Waals surface area contributed by atoms with Crippen LogP contribution in [0.3, 0.4) is 0 Å². The molecule has 19 heavy (non-hydrogen) atoms. The summed E-state index contributed by atoms with van der Waals surface area (Å²) in [6.45, 7) is 0. The van der Waals surface area contributed by atoms with Crippen molar-refractivity contribution in [3.63, 3.8) is 0 Å². The van der Waals surface area contributed by atoms with E-state index in [1.165, 1.54) is 12.5 Å². The van der Waals surface area contributed by atoms with Gasteiger partial charge in [-0.2, -0.15) is 0 Å². The summed E-state index contributed by atoms with van der Waals surface area (Å²) in [6.07, 6.45) is 3.82. The van der Waals surface area contributed by atoms with Crippen LogP contribution in [0.2, 0.25) is 0 Å². The van der Waals surface area contributed by atoms with Crippen LogP contribution in [-0.2, 0) is 0 Å². The molecule has 96 valence electrons. The molecule has 2 heterocycles. The van der Waals surface area contributed by atoms with Crippen LogP contribution in [0.15, 0.2) is 40.9 Å². The molecule has 2 rings (SSSR count). The molecule has 0 fully saturated rings. The first-order chi connectivity index (χ1) is 9.08. The van der Waals surface area contributed by atoms with Crippen LogP contribution >= 0.6 is 11.8 Å². The third-order valence-corrected chi connectivity index (χ3v) is 3.00. The van der Waals surface area contributed by atoms with E-state index in [-0.39, 0.29) is 16.3 Å². The Morgan fingerprint density at radius 3 is 2.79 bits per heavy atom. The van der Waals surface area contributed by atoms with E-state index in [1.54, 1.807) is 6.07 Å². The molecule has 8 nitrogen and oxygen atoms in total. The minimum absolute atomic E-state index is 0.136. The highest BCUT2D eigenvalue weighted by Crippen LogP contribution is 2.28. The summed E-state index contributed by atoms with van der Waals surface area (Å²) in [7, 11) is 0. The van der Waals surface area contributed by atoms with Crippen molar-refractivity contribution in [1.29, 1.82) is 0 Å². The Labute approximate surface area is 110 Å². The summed E-state index contributed by atoms with van der Waals surface area (Å²) in [4.78, 5) is 32.4. The lowest BCUT2D eigenvalue weighted by Gasteiger charge is -2.03. The number of pyridine rings is 1. The molecule has 0 saturated heterocycles. The molecule has 0 radical (unpaired) electrons. The number of aromatic nitrogens is 3. The van der Waals surface area contributed by atoms with Gasteiger partial charge in [0, 0.05) is 12.3 Å². The molecular formula is C10H6N4O4S. The third kappa shape index (κ3) is 3.01. The smallest absolute Gasteiger partial charge is 0.338 e. The number of nitrogens with zero attached hydrogens (tertiary/aromatic N) is 4. The molecule has 0 unspecified atom stereocenters. The molecule has 0 aromatic carbocycles. The second kappa shape index (κ2) is 5.40. The van der Waals surface area contributed by atoms with Crippen molar-refractivity contribution in [3.05, 3.63) is 46.5 Å². The fraction of sp³-hybridized carbons (Fsp3) is 0. The molecule has 0 spiro atoms. The SMILES string of the molecule is O=C(O)c1cc([N+](=O)[O-])cnc1Sc1ccncn1. The minimum Gasteiger partial charge on any atom is -0.478 e. The van der Waals surface area contributed by atoms with Gasteiger partial charge in [0.25, 0.3) is 5.69 Å². The topological polar surface area (TPSA) is 119 Å². The number of rotatable bonds is 4. The summed E-state index contributed by atoms with van der Waals surface area (Å²) < 4.78 is 0. The molecule has 9 heteroatoms. The Kier molecular flexibility index (Phi) is 3.66. The summed E-state index contributed by atoms with van der Waals surface area (Å²) in [5.74, 6) is -1.28. The van der Waals surface area contributed by atoms with Gasteiger partial charge in [-0.05, 0) is 17.8 Å². The molecule has 0 aliphatic carbocycles. The van der Waals surface area contributed by atoms with Gasteiger partial charge in [0.05, 0.1) is 10.5 Å². The summed E-state index contributed by atoms with van der Waals surface area (Å²) in [6, 6.07) is 2.55. The predicted octanol–water partition coefficient (Wildman–Crippen LogP) is 1.63. The number of carboxylic acids is 1. The van der Waals surface area contributed by atoms with E-state index in [9.17, 15) is 14.9 Å². The minimum atomic E-state index is -1.28. The van der Waals surface area contributed by atoms with Crippen LogP contribution in [0.25, 0.3) is 0 Å². The Bertz CT molecular complexity index is 635. The number of carbonyl (C=O) groups is 1. The van der Waals surface area contributed by atoms with E-state index in [4.69, 9.17) is 5.11 Å². The molecule has 0 bridgehead atoms. The van der Waals surface area contributed by atoms with Crippen LogP contribution in [0.1, 0.15) is 10.4 Å². The van der Waals surface area contributed by atoms with Gasteiger partial charge >= 0.3 is 5.97 Å². The van der Waals surface area contributed by atoms with Gasteiger partial charge in [-0.1, -0.05) is 0 Å². The second-order valence-corrected chi connectivity index (χ2v) is 4.27. The summed E-state index contributed by atoms with van der Waals surface area (Å²) >= 11 is 0.997. The van der Waals surface area contributed by atoms with Crippen molar-refractivity contribution in [1.82, 2.24) is 15.0 Å². The molecular weight excluding hydrogens is 272 g/mol. The van der Waals surface area contributed by atoms with E-state index < -0.39 is 10.9 Å². The van der Waals surface area contributed by atoms with Crippen LogP contribution in [-0.4, -0.2) is 31.0 Å². The fourth-order valence-corrected chi connectivity index (χ4v) is 2.00. The van der Waals surface area contributed by atoms with Crippen molar-refractivity contribution in [2.24, 2.45) is 0 Å². The van der Waals surface area contributed by atoms with E-state index in [1.807, 2.05) is 0 Å². The number of hydrogen-bond donors (Lipinski definition) is 1. The quantitative estimate of drug-likeness (QED) is 0.509. The van der Waals surface area contributed by atoms with Crippen molar-refractivity contribution < 1.29 is 14.8 Å². The van der Waals surface area contributed by atoms with Crippen LogP contribution in [0.5, 0.6) is 0 Å². The first-order valence-electron chi connectivity index (χ1n) is 4.89. The van der Waals surface area contributed by atoms with Crippen LogP contribution in [0, 0.1) is 10.1 Å². The van der Waals surface area contributed by atoms with Crippen LogP contribution < -0.4 is 0 Å². The first kappa shape index (κ1) is 12.9. The highest BCUT2D eigenvalue weighted by atomic mass is 32.2. The molecule has 2 aromatic rings. The molecule has 0 saturated carbocycles. The number of aromatic carboxylic acids is 1. The van der Waals surface area contributed by atoms with Gasteiger partial charge in [0.15, 0.2) is 0 Å². The second-order valence-electron chi connectivity index (χ2n) is 3.26. The Balaban J connectivity index is 2.40. The Morgan fingerprint density at radius 2 is 2.21 bits per heavy atom. The van der Waals surface area contributed by atoms with E-state index >= 15 is 0 Å². The van der Waals surface area contributed by atoms with E-state index in [0.29, 0.717) is 5.03 Å². The van der Waals surface area contributed by atoms with E-state index in [2.05, 4.69) is 15.0 Å². The normalized spacial score (nSPS) is 10.1. The summed E-state index contributed by atoms with van der Waals surface area (Å²) in [5, 5.41) is 20.3. The molecule has 0 atom stereocenters. The van der Waals surface area contributed by atoms with Gasteiger partial charge in [-0.25, -0.2) is 19.7 Å². The zero-order valence-corrected chi connectivity index (χ0v) is 10.1. The summed E-state index contributed by atoms with van der Waals surface area (Å²) in [5.41, 5.74) is -0.609. The number of carboxylic acid groups (broad SMARTS) is 1. The molecule has 2 aromatic heterocycles. The monoisotopic (exact) mass is 278 g/mol. The van der Waals surface area contributed by atoms with Gasteiger partial charge in [-0.3, -0.25) is 10.1 Å². The predicted molar refractivity (Wildman–Crippen MR) is 64.0 cm³/mol. The largest absolute Gasteiger partial charge is 0.478 e. The van der Waals surface area contributed by atoms with Crippen molar-refractivity contribution in [2.45, 2.75) is 10.1 Å². The number of hydrogen-bond acceptors (Lipinski definition) is 7. The fourth-order valence-electron chi connectivity index (χ4n) is 1.21. The van der Waals surface area contributed by atoms with Gasteiger partial charge in [0.1, 0.15) is 22.6 Å². The molecule has 1 N–H and O–H groups in total.